The monoisotopic (exact) mass is 301 g/mol. The molecule has 112 valence electrons. The van der Waals surface area contributed by atoms with Gasteiger partial charge in [0, 0.05) is 18.0 Å². The van der Waals surface area contributed by atoms with Gasteiger partial charge in [-0.25, -0.2) is 13.1 Å². The molecule has 1 amide bonds. The van der Waals surface area contributed by atoms with Crippen LogP contribution in [-0.2, 0) is 14.8 Å². The van der Waals surface area contributed by atoms with E-state index in [1.165, 1.54) is 25.3 Å². The molecule has 0 saturated heterocycles. The molecule has 7 nitrogen and oxygen atoms in total. The third kappa shape index (κ3) is 4.10. The molecule has 0 aromatic heterocycles. The van der Waals surface area contributed by atoms with E-state index in [-0.39, 0.29) is 17.0 Å². The van der Waals surface area contributed by atoms with Gasteiger partial charge in [0.25, 0.3) is 0 Å². The van der Waals surface area contributed by atoms with Crippen molar-refractivity contribution in [3.05, 3.63) is 18.2 Å². The van der Waals surface area contributed by atoms with Crippen LogP contribution in [-0.4, -0.2) is 27.0 Å². The lowest BCUT2D eigenvalue weighted by Gasteiger charge is -2.24. The molecule has 0 heterocycles. The Hall–Kier alpha value is -1.80. The van der Waals surface area contributed by atoms with Gasteiger partial charge in [0.05, 0.1) is 12.8 Å². The Bertz CT molecular complexity index is 611. The second-order valence-electron chi connectivity index (χ2n) is 5.04. The maximum Gasteiger partial charge on any atom is 0.243 e. The summed E-state index contributed by atoms with van der Waals surface area (Å²) in [5, 5.41) is 0. The highest BCUT2D eigenvalue weighted by molar-refractivity contribution is 7.89. The number of nitrogen functional groups attached to an aromatic ring is 1. The number of carbonyl (C=O) groups is 1. The van der Waals surface area contributed by atoms with Gasteiger partial charge in [0.2, 0.25) is 15.9 Å². The van der Waals surface area contributed by atoms with E-state index in [0.717, 1.165) is 0 Å². The molecule has 1 aromatic rings. The molecule has 0 bridgehead atoms. The summed E-state index contributed by atoms with van der Waals surface area (Å²) >= 11 is 0. The predicted octanol–water partition coefficient (Wildman–Crippen LogP) is 0.210. The molecular weight excluding hydrogens is 282 g/mol. The number of methoxy groups -OCH3 is 1. The van der Waals surface area contributed by atoms with Crippen LogP contribution in [0, 0.1) is 0 Å². The molecule has 0 fully saturated rings. The third-order valence-electron chi connectivity index (χ3n) is 2.53. The van der Waals surface area contributed by atoms with E-state index >= 15 is 0 Å². The van der Waals surface area contributed by atoms with Crippen molar-refractivity contribution in [3.8, 4) is 5.75 Å². The Balaban J connectivity index is 3.08. The first-order chi connectivity index (χ1) is 9.07. The van der Waals surface area contributed by atoms with Crippen LogP contribution >= 0.6 is 0 Å². The van der Waals surface area contributed by atoms with Crippen LogP contribution in [0.1, 0.15) is 20.3 Å². The number of primary amides is 1. The number of nitrogens with two attached hydrogens (primary N) is 2. The molecule has 1 aromatic carbocycles. The van der Waals surface area contributed by atoms with E-state index in [0.29, 0.717) is 5.75 Å². The Labute approximate surface area is 118 Å². The first kappa shape index (κ1) is 16.3. The SMILES string of the molecule is COc1ccc(S(=O)(=O)NC(C)(C)CC(N)=O)c(N)c1. The highest BCUT2D eigenvalue weighted by atomic mass is 32.2. The molecule has 1 rings (SSSR count). The van der Waals surface area contributed by atoms with Gasteiger partial charge in [-0.1, -0.05) is 0 Å². The molecule has 0 radical (unpaired) electrons. The standard InChI is InChI=1S/C12H19N3O4S/c1-12(2,7-11(14)16)15-20(17,18)10-5-4-8(19-3)6-9(10)13/h4-6,15H,7,13H2,1-3H3,(H2,14,16). The number of hydrogen-bond donors (Lipinski definition) is 3. The number of anilines is 1. The summed E-state index contributed by atoms with van der Waals surface area (Å²) in [6.45, 7) is 3.13. The zero-order chi connectivity index (χ0) is 15.6. The Kier molecular flexibility index (Phi) is 4.61. The molecule has 0 spiro atoms. The van der Waals surface area contributed by atoms with Crippen molar-refractivity contribution in [1.29, 1.82) is 0 Å². The zero-order valence-corrected chi connectivity index (χ0v) is 12.5. The van der Waals surface area contributed by atoms with Gasteiger partial charge in [-0.3, -0.25) is 4.79 Å². The van der Waals surface area contributed by atoms with Gasteiger partial charge < -0.3 is 16.2 Å². The molecular formula is C12H19N3O4S. The first-order valence-corrected chi connectivity index (χ1v) is 7.31. The Morgan fingerprint density at radius 3 is 2.45 bits per heavy atom. The van der Waals surface area contributed by atoms with Crippen molar-refractivity contribution in [3.63, 3.8) is 0 Å². The Morgan fingerprint density at radius 1 is 1.40 bits per heavy atom. The first-order valence-electron chi connectivity index (χ1n) is 5.83. The van der Waals surface area contributed by atoms with Gasteiger partial charge in [-0.15, -0.1) is 0 Å². The van der Waals surface area contributed by atoms with Gasteiger partial charge in [-0.2, -0.15) is 0 Å². The summed E-state index contributed by atoms with van der Waals surface area (Å²) in [5.41, 5.74) is 9.86. The van der Waals surface area contributed by atoms with Crippen LogP contribution in [0.5, 0.6) is 5.75 Å². The minimum absolute atomic E-state index is 0.0618. The average molecular weight is 301 g/mol. The highest BCUT2D eigenvalue weighted by Crippen LogP contribution is 2.25. The largest absolute Gasteiger partial charge is 0.497 e. The smallest absolute Gasteiger partial charge is 0.243 e. The summed E-state index contributed by atoms with van der Waals surface area (Å²) in [6.07, 6.45) is -0.123. The van der Waals surface area contributed by atoms with Gasteiger partial charge in [-0.05, 0) is 26.0 Å². The number of nitrogens with one attached hydrogen (secondary N) is 1. The molecule has 0 saturated carbocycles. The summed E-state index contributed by atoms with van der Waals surface area (Å²) in [4.78, 5) is 10.9. The second-order valence-corrected chi connectivity index (χ2v) is 6.69. The lowest BCUT2D eigenvalue weighted by atomic mass is 10.0. The minimum atomic E-state index is -3.86. The number of hydrogen-bond acceptors (Lipinski definition) is 5. The summed E-state index contributed by atoms with van der Waals surface area (Å²) in [6, 6.07) is 4.25. The van der Waals surface area contributed by atoms with Crippen LogP contribution in [0.2, 0.25) is 0 Å². The number of benzene rings is 1. The van der Waals surface area contributed by atoms with E-state index in [2.05, 4.69) is 4.72 Å². The molecule has 0 aliphatic heterocycles. The van der Waals surface area contributed by atoms with Crippen LogP contribution in [0.15, 0.2) is 23.1 Å². The van der Waals surface area contributed by atoms with E-state index in [4.69, 9.17) is 16.2 Å². The van der Waals surface area contributed by atoms with E-state index in [1.54, 1.807) is 13.8 Å². The predicted molar refractivity (Wildman–Crippen MR) is 75.6 cm³/mol. The maximum atomic E-state index is 12.3. The topological polar surface area (TPSA) is 125 Å². The fourth-order valence-electron chi connectivity index (χ4n) is 1.79. The number of rotatable bonds is 6. The third-order valence-corrected chi connectivity index (χ3v) is 4.31. The lowest BCUT2D eigenvalue weighted by molar-refractivity contribution is -0.119. The Morgan fingerprint density at radius 2 is 2.00 bits per heavy atom. The normalized spacial score (nSPS) is 12.2. The molecule has 8 heteroatoms. The maximum absolute atomic E-state index is 12.3. The van der Waals surface area contributed by atoms with Gasteiger partial charge >= 0.3 is 0 Å². The van der Waals surface area contributed by atoms with Crippen LogP contribution < -0.4 is 20.9 Å². The van der Waals surface area contributed by atoms with Crippen molar-refractivity contribution in [2.45, 2.75) is 30.7 Å². The van der Waals surface area contributed by atoms with Gasteiger partial charge in [0.1, 0.15) is 10.6 Å². The number of ether oxygens (including phenoxy) is 1. The molecule has 20 heavy (non-hydrogen) atoms. The minimum Gasteiger partial charge on any atom is -0.497 e. The summed E-state index contributed by atoms with van der Waals surface area (Å²) in [5.74, 6) is -0.141. The van der Waals surface area contributed by atoms with E-state index in [1.807, 2.05) is 0 Å². The molecule has 0 atom stereocenters. The van der Waals surface area contributed by atoms with Crippen molar-refractivity contribution < 1.29 is 17.9 Å². The summed E-state index contributed by atoms with van der Waals surface area (Å²) in [7, 11) is -2.40. The fourth-order valence-corrected chi connectivity index (χ4v) is 3.31. The van der Waals surface area contributed by atoms with E-state index in [9.17, 15) is 13.2 Å². The molecule has 0 aliphatic rings. The van der Waals surface area contributed by atoms with Crippen molar-refractivity contribution in [2.75, 3.05) is 12.8 Å². The molecule has 5 N–H and O–H groups in total. The number of sulfonamides is 1. The number of carbonyl (C=O) groups excluding carboxylic acids is 1. The quantitative estimate of drug-likeness (QED) is 0.648. The van der Waals surface area contributed by atoms with Gasteiger partial charge in [0.15, 0.2) is 0 Å². The fraction of sp³-hybridized carbons (Fsp3) is 0.417. The summed E-state index contributed by atoms with van der Waals surface area (Å²) < 4.78 is 31.9. The van der Waals surface area contributed by atoms with Crippen molar-refractivity contribution >= 4 is 21.6 Å². The van der Waals surface area contributed by atoms with Crippen molar-refractivity contribution in [2.24, 2.45) is 5.73 Å². The average Bonchev–Trinajstić information content (AvgIpc) is 2.24. The molecule has 0 unspecified atom stereocenters. The van der Waals surface area contributed by atoms with Crippen LogP contribution in [0.4, 0.5) is 5.69 Å². The number of amides is 1. The van der Waals surface area contributed by atoms with Crippen LogP contribution in [0.25, 0.3) is 0 Å². The highest BCUT2D eigenvalue weighted by Gasteiger charge is 2.29. The zero-order valence-electron chi connectivity index (χ0n) is 11.6. The molecule has 0 aliphatic carbocycles. The second kappa shape index (κ2) is 5.68. The lowest BCUT2D eigenvalue weighted by Crippen LogP contribution is -2.46. The van der Waals surface area contributed by atoms with Crippen molar-refractivity contribution in [1.82, 2.24) is 4.72 Å². The van der Waals surface area contributed by atoms with Crippen LogP contribution in [0.3, 0.4) is 0 Å². The van der Waals surface area contributed by atoms with E-state index < -0.39 is 21.5 Å².